The van der Waals surface area contributed by atoms with Crippen LogP contribution in [-0.2, 0) is 9.53 Å². The zero-order chi connectivity index (χ0) is 22.2. The first-order valence-corrected chi connectivity index (χ1v) is 12.0. The van der Waals surface area contributed by atoms with Crippen molar-refractivity contribution in [2.45, 2.75) is 84.8 Å². The van der Waals surface area contributed by atoms with Gasteiger partial charge in [-0.2, -0.15) is 0 Å². The van der Waals surface area contributed by atoms with Gasteiger partial charge in [-0.3, -0.25) is 4.79 Å². The van der Waals surface area contributed by atoms with Crippen LogP contribution in [0.2, 0.25) is 0 Å². The van der Waals surface area contributed by atoms with Gasteiger partial charge in [-0.25, -0.2) is 4.79 Å². The minimum absolute atomic E-state index is 0.0568. The molecule has 1 aromatic carbocycles. The predicted octanol–water partition coefficient (Wildman–Crippen LogP) is 5.18. The fourth-order valence-electron chi connectivity index (χ4n) is 8.64. The van der Waals surface area contributed by atoms with E-state index in [0.29, 0.717) is 17.8 Å². The van der Waals surface area contributed by atoms with Crippen LogP contribution in [0.1, 0.15) is 83.0 Å². The number of aliphatic hydroxyl groups excluding tert-OH is 1. The fourth-order valence-corrected chi connectivity index (χ4v) is 8.64. The maximum Gasteiger partial charge on any atom is 0.338 e. The van der Waals surface area contributed by atoms with Crippen molar-refractivity contribution in [1.82, 2.24) is 0 Å². The van der Waals surface area contributed by atoms with Crippen LogP contribution in [0, 0.1) is 33.5 Å². The molecule has 0 unspecified atom stereocenters. The third-order valence-electron chi connectivity index (χ3n) is 10.3. The highest BCUT2D eigenvalue weighted by Crippen LogP contribution is 2.75. The Balaban J connectivity index is 1.57. The summed E-state index contributed by atoms with van der Waals surface area (Å²) in [6.07, 6.45) is 5.38. The van der Waals surface area contributed by atoms with Gasteiger partial charge in [-0.15, -0.1) is 0 Å². The number of hydrogen-bond donors (Lipinski definition) is 1. The number of ether oxygens (including phenoxy) is 1. The number of carbonyl (C=O) groups excluding carboxylic acids is 2. The molecule has 168 valence electrons. The van der Waals surface area contributed by atoms with Gasteiger partial charge in [0.1, 0.15) is 11.9 Å². The number of ketones is 1. The summed E-state index contributed by atoms with van der Waals surface area (Å²) in [6, 6.07) is 9.18. The van der Waals surface area contributed by atoms with Crippen molar-refractivity contribution >= 4 is 11.8 Å². The average molecular weight is 425 g/mol. The standard InChI is InChI=1S/C27H36O4/c1-24(2)20(28)10-11-26(4)22(24)19(31-23(30)17-8-6-5-7-9-17)14-18-15-21(29)25(3)12-13-27(18,26)16-25/h5-9,18-20,22,28H,10-16H2,1-4H3/t18-,19+,20-,22-,25+,26-,27-/m0/s1. The molecule has 7 atom stereocenters. The Bertz CT molecular complexity index is 907. The molecule has 4 heteroatoms. The van der Waals surface area contributed by atoms with Crippen LogP contribution in [0.4, 0.5) is 0 Å². The number of Topliss-reactive ketones (excluding diaryl/α,β-unsaturated/α-hetero) is 1. The predicted molar refractivity (Wildman–Crippen MR) is 118 cm³/mol. The summed E-state index contributed by atoms with van der Waals surface area (Å²) in [4.78, 5) is 26.1. The molecule has 0 amide bonds. The van der Waals surface area contributed by atoms with E-state index in [1.165, 1.54) is 0 Å². The summed E-state index contributed by atoms with van der Waals surface area (Å²) in [6.45, 7) is 8.87. The summed E-state index contributed by atoms with van der Waals surface area (Å²) in [7, 11) is 0. The lowest BCUT2D eigenvalue weighted by molar-refractivity contribution is -0.237. The molecule has 4 saturated carbocycles. The highest BCUT2D eigenvalue weighted by molar-refractivity contribution is 5.89. The van der Waals surface area contributed by atoms with Crippen LogP contribution in [-0.4, -0.2) is 29.1 Å². The van der Waals surface area contributed by atoms with E-state index in [2.05, 4.69) is 27.7 Å². The SMILES string of the molecule is CC1(C)[C@@H](O)CC[C@@]2(C)[C@H]1[C@H](OC(=O)c1ccccc1)C[C@H]1CC(=O)[C@]3(C)CC[C@]12C3. The van der Waals surface area contributed by atoms with Gasteiger partial charge in [0.2, 0.25) is 0 Å². The quantitative estimate of drug-likeness (QED) is 0.664. The summed E-state index contributed by atoms with van der Waals surface area (Å²) in [5.41, 5.74) is 0.0606. The van der Waals surface area contributed by atoms with Crippen molar-refractivity contribution in [2.24, 2.45) is 33.5 Å². The monoisotopic (exact) mass is 424 g/mol. The first-order valence-electron chi connectivity index (χ1n) is 12.0. The van der Waals surface area contributed by atoms with E-state index >= 15 is 0 Å². The third kappa shape index (κ3) is 2.76. The Morgan fingerprint density at radius 2 is 1.77 bits per heavy atom. The molecule has 0 heterocycles. The second-order valence-electron chi connectivity index (χ2n) is 12.0. The number of benzene rings is 1. The molecule has 4 nitrogen and oxygen atoms in total. The van der Waals surface area contributed by atoms with E-state index in [9.17, 15) is 14.7 Å². The molecule has 0 aliphatic heterocycles. The molecule has 5 rings (SSSR count). The fraction of sp³-hybridized carbons (Fsp3) is 0.704. The summed E-state index contributed by atoms with van der Waals surface area (Å²) in [5.74, 6) is 0.439. The zero-order valence-electron chi connectivity index (χ0n) is 19.3. The molecule has 0 saturated heterocycles. The van der Waals surface area contributed by atoms with E-state index in [1.807, 2.05) is 18.2 Å². The molecule has 0 radical (unpaired) electrons. The molecule has 4 fully saturated rings. The highest BCUT2D eigenvalue weighted by Gasteiger charge is 2.72. The Morgan fingerprint density at radius 1 is 1.06 bits per heavy atom. The summed E-state index contributed by atoms with van der Waals surface area (Å²) < 4.78 is 6.25. The van der Waals surface area contributed by atoms with E-state index in [4.69, 9.17) is 4.74 Å². The van der Waals surface area contributed by atoms with Crippen molar-refractivity contribution in [2.75, 3.05) is 0 Å². The van der Waals surface area contributed by atoms with Crippen molar-refractivity contribution < 1.29 is 19.4 Å². The highest BCUT2D eigenvalue weighted by atomic mass is 16.5. The van der Waals surface area contributed by atoms with Crippen LogP contribution in [0.25, 0.3) is 0 Å². The van der Waals surface area contributed by atoms with Gasteiger partial charge in [0.25, 0.3) is 0 Å². The Hall–Kier alpha value is -1.68. The lowest BCUT2D eigenvalue weighted by atomic mass is 9.37. The first-order chi connectivity index (χ1) is 14.5. The smallest absolute Gasteiger partial charge is 0.338 e. The molecule has 1 N–H and O–H groups in total. The minimum atomic E-state index is -0.408. The molecular weight excluding hydrogens is 388 g/mol. The Labute approximate surface area is 185 Å². The summed E-state index contributed by atoms with van der Waals surface area (Å²) in [5, 5.41) is 11.0. The Kier molecular flexibility index (Phi) is 4.55. The summed E-state index contributed by atoms with van der Waals surface area (Å²) >= 11 is 0. The van der Waals surface area contributed by atoms with Gasteiger partial charge in [0, 0.05) is 17.8 Å². The van der Waals surface area contributed by atoms with Crippen molar-refractivity contribution in [1.29, 1.82) is 0 Å². The second-order valence-corrected chi connectivity index (χ2v) is 12.0. The average Bonchev–Trinajstić information content (AvgIpc) is 3.05. The first kappa shape index (κ1) is 21.2. The van der Waals surface area contributed by atoms with Crippen molar-refractivity contribution in [3.63, 3.8) is 0 Å². The number of rotatable bonds is 2. The normalized spacial score (nSPS) is 45.5. The second kappa shape index (κ2) is 6.66. The number of hydrogen-bond acceptors (Lipinski definition) is 4. The number of aliphatic hydroxyl groups is 1. The molecule has 1 aromatic rings. The maximum atomic E-state index is 13.1. The maximum absolute atomic E-state index is 13.1. The lowest BCUT2D eigenvalue weighted by Gasteiger charge is -2.68. The van der Waals surface area contributed by atoms with Gasteiger partial charge < -0.3 is 9.84 Å². The Morgan fingerprint density at radius 3 is 2.48 bits per heavy atom. The largest absolute Gasteiger partial charge is 0.458 e. The molecule has 4 aliphatic rings. The number of carbonyl (C=O) groups is 2. The van der Waals surface area contributed by atoms with Crippen LogP contribution in [0.5, 0.6) is 0 Å². The molecular formula is C27H36O4. The van der Waals surface area contributed by atoms with E-state index < -0.39 is 6.10 Å². The van der Waals surface area contributed by atoms with Gasteiger partial charge in [0.15, 0.2) is 0 Å². The van der Waals surface area contributed by atoms with Crippen LogP contribution >= 0.6 is 0 Å². The van der Waals surface area contributed by atoms with Gasteiger partial charge in [-0.1, -0.05) is 45.9 Å². The van der Waals surface area contributed by atoms with Gasteiger partial charge in [0.05, 0.1) is 11.7 Å². The molecule has 2 bridgehead atoms. The molecule has 1 spiro atoms. The van der Waals surface area contributed by atoms with E-state index in [0.717, 1.165) is 38.5 Å². The molecule has 31 heavy (non-hydrogen) atoms. The zero-order valence-corrected chi connectivity index (χ0v) is 19.3. The van der Waals surface area contributed by atoms with Crippen LogP contribution in [0.3, 0.4) is 0 Å². The van der Waals surface area contributed by atoms with E-state index in [1.54, 1.807) is 12.1 Å². The van der Waals surface area contributed by atoms with Crippen molar-refractivity contribution in [3.8, 4) is 0 Å². The number of esters is 1. The lowest BCUT2D eigenvalue weighted by Crippen LogP contribution is -2.67. The number of fused-ring (bicyclic) bond motifs is 2. The third-order valence-corrected chi connectivity index (χ3v) is 10.3. The van der Waals surface area contributed by atoms with E-state index in [-0.39, 0.29) is 45.6 Å². The minimum Gasteiger partial charge on any atom is -0.458 e. The van der Waals surface area contributed by atoms with Crippen LogP contribution in [0.15, 0.2) is 30.3 Å². The van der Waals surface area contributed by atoms with Gasteiger partial charge in [-0.05, 0) is 72.8 Å². The van der Waals surface area contributed by atoms with Crippen LogP contribution < -0.4 is 0 Å². The van der Waals surface area contributed by atoms with Gasteiger partial charge >= 0.3 is 5.97 Å². The molecule has 4 aliphatic carbocycles. The molecule has 0 aromatic heterocycles. The topological polar surface area (TPSA) is 63.6 Å². The van der Waals surface area contributed by atoms with Crippen molar-refractivity contribution in [3.05, 3.63) is 35.9 Å².